The van der Waals surface area contributed by atoms with Gasteiger partial charge in [-0.05, 0) is 30.0 Å². The molecule has 0 saturated heterocycles. The topological polar surface area (TPSA) is 80.3 Å². The average molecular weight is 355 g/mol. The SMILES string of the molecule is CCc1cccc(CC)c1NC(=O)c1cncc(C(=O)NCCOC)c1. The van der Waals surface area contributed by atoms with Crippen LogP contribution in [-0.2, 0) is 17.6 Å². The van der Waals surface area contributed by atoms with Crippen LogP contribution in [0.25, 0.3) is 0 Å². The van der Waals surface area contributed by atoms with E-state index in [9.17, 15) is 9.59 Å². The monoisotopic (exact) mass is 355 g/mol. The Balaban J connectivity index is 2.18. The second-order valence-electron chi connectivity index (χ2n) is 5.82. The van der Waals surface area contributed by atoms with Crippen molar-refractivity contribution in [2.45, 2.75) is 26.7 Å². The maximum atomic E-state index is 12.7. The number of carbonyl (C=O) groups is 2. The van der Waals surface area contributed by atoms with Gasteiger partial charge >= 0.3 is 0 Å². The Hall–Kier alpha value is -2.73. The van der Waals surface area contributed by atoms with Crippen molar-refractivity contribution in [3.63, 3.8) is 0 Å². The maximum Gasteiger partial charge on any atom is 0.257 e. The predicted octanol–water partition coefficient (Wildman–Crippen LogP) is 2.83. The minimum absolute atomic E-state index is 0.278. The number of pyridine rings is 1. The summed E-state index contributed by atoms with van der Waals surface area (Å²) in [7, 11) is 1.57. The molecule has 0 saturated carbocycles. The predicted molar refractivity (Wildman–Crippen MR) is 102 cm³/mol. The lowest BCUT2D eigenvalue weighted by Gasteiger charge is -2.14. The van der Waals surface area contributed by atoms with E-state index in [-0.39, 0.29) is 11.8 Å². The Morgan fingerprint density at radius 2 is 1.65 bits per heavy atom. The molecule has 0 unspecified atom stereocenters. The lowest BCUT2D eigenvalue weighted by Crippen LogP contribution is -2.27. The van der Waals surface area contributed by atoms with Gasteiger partial charge in [0.25, 0.3) is 11.8 Å². The smallest absolute Gasteiger partial charge is 0.257 e. The number of hydrogen-bond acceptors (Lipinski definition) is 4. The van der Waals surface area contributed by atoms with Gasteiger partial charge in [0.15, 0.2) is 0 Å². The summed E-state index contributed by atoms with van der Waals surface area (Å²) in [6.07, 6.45) is 4.55. The number of methoxy groups -OCH3 is 1. The lowest BCUT2D eigenvalue weighted by atomic mass is 10.0. The van der Waals surface area contributed by atoms with E-state index in [1.807, 2.05) is 18.2 Å². The molecule has 2 N–H and O–H groups in total. The van der Waals surface area contributed by atoms with Gasteiger partial charge in [-0.25, -0.2) is 0 Å². The number of amides is 2. The molecule has 0 aliphatic heterocycles. The van der Waals surface area contributed by atoms with Crippen LogP contribution in [0, 0.1) is 0 Å². The van der Waals surface area contributed by atoms with E-state index in [2.05, 4.69) is 29.5 Å². The van der Waals surface area contributed by atoms with Gasteiger partial charge in [-0.1, -0.05) is 32.0 Å². The maximum absolute atomic E-state index is 12.7. The van der Waals surface area contributed by atoms with E-state index in [1.165, 1.54) is 12.4 Å². The van der Waals surface area contributed by atoms with Crippen LogP contribution in [0.5, 0.6) is 0 Å². The first-order valence-electron chi connectivity index (χ1n) is 8.75. The first-order chi connectivity index (χ1) is 12.6. The summed E-state index contributed by atoms with van der Waals surface area (Å²) in [5.41, 5.74) is 3.70. The molecule has 0 aliphatic carbocycles. The van der Waals surface area contributed by atoms with Crippen molar-refractivity contribution in [1.29, 1.82) is 0 Å². The van der Waals surface area contributed by atoms with Crippen molar-refractivity contribution in [2.75, 3.05) is 25.6 Å². The Morgan fingerprint density at radius 1 is 1.04 bits per heavy atom. The largest absolute Gasteiger partial charge is 0.383 e. The highest BCUT2D eigenvalue weighted by Gasteiger charge is 2.14. The number of nitrogens with one attached hydrogen (secondary N) is 2. The van der Waals surface area contributed by atoms with Crippen LogP contribution in [0.15, 0.2) is 36.7 Å². The van der Waals surface area contributed by atoms with Crippen LogP contribution < -0.4 is 10.6 Å². The Bertz CT molecular complexity index is 752. The van der Waals surface area contributed by atoms with Gasteiger partial charge in [-0.3, -0.25) is 14.6 Å². The third kappa shape index (κ3) is 4.89. The van der Waals surface area contributed by atoms with Gasteiger partial charge in [-0.2, -0.15) is 0 Å². The zero-order valence-electron chi connectivity index (χ0n) is 15.5. The highest BCUT2D eigenvalue weighted by molar-refractivity contribution is 6.06. The van der Waals surface area contributed by atoms with Gasteiger partial charge in [0.2, 0.25) is 0 Å². The molecule has 1 heterocycles. The molecule has 6 heteroatoms. The van der Waals surface area contributed by atoms with Crippen LogP contribution >= 0.6 is 0 Å². The van der Waals surface area contributed by atoms with Crippen LogP contribution in [0.2, 0.25) is 0 Å². The molecule has 138 valence electrons. The van der Waals surface area contributed by atoms with Crippen molar-refractivity contribution in [3.05, 3.63) is 58.9 Å². The van der Waals surface area contributed by atoms with E-state index in [0.29, 0.717) is 24.3 Å². The number of para-hydroxylation sites is 1. The van der Waals surface area contributed by atoms with Crippen molar-refractivity contribution >= 4 is 17.5 Å². The lowest BCUT2D eigenvalue weighted by molar-refractivity contribution is 0.0936. The average Bonchev–Trinajstić information content (AvgIpc) is 2.68. The van der Waals surface area contributed by atoms with Crippen LogP contribution in [-0.4, -0.2) is 37.1 Å². The fourth-order valence-corrected chi connectivity index (χ4v) is 2.65. The molecule has 0 spiro atoms. The molecule has 0 aliphatic rings. The number of hydrogen-bond donors (Lipinski definition) is 2. The van der Waals surface area contributed by atoms with Crippen molar-refractivity contribution in [1.82, 2.24) is 10.3 Å². The number of anilines is 1. The molecule has 0 bridgehead atoms. The zero-order chi connectivity index (χ0) is 18.9. The molecule has 2 rings (SSSR count). The standard InChI is InChI=1S/C20H25N3O3/c1-4-14-7-6-8-15(5-2)18(14)23-20(25)17-11-16(12-21-13-17)19(24)22-9-10-26-3/h6-8,11-13H,4-5,9-10H2,1-3H3,(H,22,24)(H,23,25). The normalized spacial score (nSPS) is 10.4. The number of carbonyl (C=O) groups excluding carboxylic acids is 2. The number of aryl methyl sites for hydroxylation is 2. The van der Waals surface area contributed by atoms with Crippen LogP contribution in [0.3, 0.4) is 0 Å². The summed E-state index contributed by atoms with van der Waals surface area (Å²) in [5, 5.41) is 5.70. The highest BCUT2D eigenvalue weighted by atomic mass is 16.5. The molecule has 0 atom stereocenters. The van der Waals surface area contributed by atoms with Crippen molar-refractivity contribution < 1.29 is 14.3 Å². The molecule has 1 aromatic heterocycles. The Labute approximate surface area is 154 Å². The number of nitrogens with zero attached hydrogens (tertiary/aromatic N) is 1. The van der Waals surface area contributed by atoms with E-state index in [4.69, 9.17) is 4.74 Å². The van der Waals surface area contributed by atoms with Gasteiger partial charge in [0, 0.05) is 31.7 Å². The van der Waals surface area contributed by atoms with E-state index < -0.39 is 0 Å². The van der Waals surface area contributed by atoms with E-state index in [1.54, 1.807) is 13.2 Å². The number of aromatic nitrogens is 1. The van der Waals surface area contributed by atoms with E-state index >= 15 is 0 Å². The van der Waals surface area contributed by atoms with Crippen LogP contribution in [0.4, 0.5) is 5.69 Å². The highest BCUT2D eigenvalue weighted by Crippen LogP contribution is 2.23. The summed E-state index contributed by atoms with van der Waals surface area (Å²) >= 11 is 0. The fourth-order valence-electron chi connectivity index (χ4n) is 2.65. The van der Waals surface area contributed by atoms with E-state index in [0.717, 1.165) is 29.7 Å². The third-order valence-corrected chi connectivity index (χ3v) is 4.09. The van der Waals surface area contributed by atoms with Gasteiger partial charge in [-0.15, -0.1) is 0 Å². The van der Waals surface area contributed by atoms with Crippen LogP contribution in [0.1, 0.15) is 45.7 Å². The molecule has 26 heavy (non-hydrogen) atoms. The third-order valence-electron chi connectivity index (χ3n) is 4.09. The van der Waals surface area contributed by atoms with Gasteiger partial charge < -0.3 is 15.4 Å². The molecule has 0 radical (unpaired) electrons. The molecular formula is C20H25N3O3. The summed E-state index contributed by atoms with van der Waals surface area (Å²) in [6.45, 7) is 4.93. The minimum atomic E-state index is -0.285. The molecule has 6 nitrogen and oxygen atoms in total. The molecule has 1 aromatic carbocycles. The number of ether oxygens (including phenoxy) is 1. The van der Waals surface area contributed by atoms with Crippen molar-refractivity contribution in [2.24, 2.45) is 0 Å². The molecule has 2 amide bonds. The quantitative estimate of drug-likeness (QED) is 0.714. The first-order valence-corrected chi connectivity index (χ1v) is 8.75. The molecular weight excluding hydrogens is 330 g/mol. The fraction of sp³-hybridized carbons (Fsp3) is 0.350. The summed E-state index contributed by atoms with van der Waals surface area (Å²) in [5.74, 6) is -0.563. The second kappa shape index (κ2) is 9.68. The molecule has 0 fully saturated rings. The first kappa shape index (κ1) is 19.6. The summed E-state index contributed by atoms with van der Waals surface area (Å²) < 4.78 is 4.91. The summed E-state index contributed by atoms with van der Waals surface area (Å²) in [4.78, 5) is 28.8. The van der Waals surface area contributed by atoms with Gasteiger partial charge in [0.05, 0.1) is 17.7 Å². The van der Waals surface area contributed by atoms with Gasteiger partial charge in [0.1, 0.15) is 0 Å². The Morgan fingerprint density at radius 3 is 2.23 bits per heavy atom. The zero-order valence-corrected chi connectivity index (χ0v) is 15.5. The summed E-state index contributed by atoms with van der Waals surface area (Å²) in [6, 6.07) is 7.56. The Kier molecular flexibility index (Phi) is 7.29. The minimum Gasteiger partial charge on any atom is -0.383 e. The number of benzene rings is 1. The molecule has 2 aromatic rings. The van der Waals surface area contributed by atoms with Crippen molar-refractivity contribution in [3.8, 4) is 0 Å². The number of rotatable bonds is 8. The second-order valence-corrected chi connectivity index (χ2v) is 5.82.